The van der Waals surface area contributed by atoms with Gasteiger partial charge in [-0.2, -0.15) is 0 Å². The van der Waals surface area contributed by atoms with Crippen LogP contribution in [0.2, 0.25) is 0 Å². The Morgan fingerprint density at radius 1 is 1.29 bits per heavy atom. The molecule has 1 fully saturated rings. The molecule has 2 aliphatic heterocycles. The first-order valence-electron chi connectivity index (χ1n) is 11.7. The molecule has 5 amide bonds. The summed E-state index contributed by atoms with van der Waals surface area (Å²) in [6.45, 7) is 2.35. The Morgan fingerprint density at radius 3 is 2.71 bits per heavy atom. The summed E-state index contributed by atoms with van der Waals surface area (Å²) in [4.78, 5) is 68.8. The van der Waals surface area contributed by atoms with Gasteiger partial charge >= 0.3 is 30.9 Å². The molecule has 2 aromatic rings. The molecular formula is C22H25BN6O8S. The van der Waals surface area contributed by atoms with Gasteiger partial charge < -0.3 is 36.1 Å². The summed E-state index contributed by atoms with van der Waals surface area (Å²) >= 11 is 1.03. The number of carbonyl (C=O) groups excluding carboxylic acids is 4. The average Bonchev–Trinajstić information content (AvgIpc) is 3.31. The number of anilines is 1. The number of benzene rings is 1. The quantitative estimate of drug-likeness (QED) is 0.221. The molecule has 14 nitrogen and oxygen atoms in total. The number of carboxylic acid groups (broad SMARTS) is 1. The Hall–Kier alpha value is -4.18. The van der Waals surface area contributed by atoms with Crippen molar-refractivity contribution in [3.63, 3.8) is 0 Å². The lowest BCUT2D eigenvalue weighted by Gasteiger charge is -2.33. The minimum atomic E-state index is -1.59. The predicted octanol–water partition coefficient (Wildman–Crippen LogP) is -0.605. The third-order valence-electron chi connectivity index (χ3n) is 6.09. The largest absolute Gasteiger partial charge is 0.547 e. The summed E-state index contributed by atoms with van der Waals surface area (Å²) < 4.78 is 5.40. The van der Waals surface area contributed by atoms with E-state index in [2.05, 4.69) is 15.6 Å². The number of fused-ring (bicyclic) bond motifs is 1. The van der Waals surface area contributed by atoms with Crippen molar-refractivity contribution in [1.82, 2.24) is 25.4 Å². The fraction of sp³-hybridized carbons (Fsp3) is 0.364. The molecule has 1 aromatic heterocycles. The maximum absolute atomic E-state index is 13.3. The molecule has 1 aromatic carbocycles. The summed E-state index contributed by atoms with van der Waals surface area (Å²) in [7, 11) is -1.59. The summed E-state index contributed by atoms with van der Waals surface area (Å²) in [5.41, 5.74) is 6.12. The van der Waals surface area contributed by atoms with E-state index in [1.54, 1.807) is 6.07 Å². The maximum atomic E-state index is 13.3. The number of amides is 5. The van der Waals surface area contributed by atoms with Gasteiger partial charge in [-0.25, -0.2) is 14.6 Å². The average molecular weight is 544 g/mol. The minimum Gasteiger partial charge on any atom is -0.534 e. The van der Waals surface area contributed by atoms with Crippen LogP contribution in [0, 0.1) is 0 Å². The second-order valence-corrected chi connectivity index (χ2v) is 9.56. The lowest BCUT2D eigenvalue weighted by Crippen LogP contribution is -2.60. The van der Waals surface area contributed by atoms with Crippen molar-refractivity contribution >= 4 is 53.3 Å². The van der Waals surface area contributed by atoms with Crippen LogP contribution in [0.4, 0.5) is 9.93 Å². The molecule has 4 rings (SSSR count). The molecular weight excluding hydrogens is 519 g/mol. The van der Waals surface area contributed by atoms with E-state index in [-0.39, 0.29) is 41.6 Å². The van der Waals surface area contributed by atoms with Crippen molar-refractivity contribution in [3.05, 3.63) is 40.4 Å². The number of aromatic carboxylic acids is 1. The molecule has 0 saturated carbocycles. The van der Waals surface area contributed by atoms with E-state index in [1.807, 2.05) is 6.92 Å². The highest BCUT2D eigenvalue weighted by Gasteiger charge is 2.41. The van der Waals surface area contributed by atoms with Crippen LogP contribution in [0.3, 0.4) is 0 Å². The Bertz CT molecular complexity index is 1290. The van der Waals surface area contributed by atoms with E-state index in [9.17, 15) is 34.1 Å². The molecule has 1 unspecified atom stereocenters. The van der Waals surface area contributed by atoms with Crippen LogP contribution in [0.15, 0.2) is 23.6 Å². The number of carboxylic acids is 1. The van der Waals surface area contributed by atoms with Crippen molar-refractivity contribution in [1.29, 1.82) is 0 Å². The molecule has 38 heavy (non-hydrogen) atoms. The number of hydrogen-bond acceptors (Lipinski definition) is 10. The zero-order valence-corrected chi connectivity index (χ0v) is 21.1. The van der Waals surface area contributed by atoms with Gasteiger partial charge in [-0.15, -0.1) is 11.3 Å². The van der Waals surface area contributed by atoms with Crippen molar-refractivity contribution in [2.75, 3.05) is 25.4 Å². The predicted molar refractivity (Wildman–Crippen MR) is 134 cm³/mol. The fourth-order valence-corrected chi connectivity index (χ4v) is 4.83. The van der Waals surface area contributed by atoms with Gasteiger partial charge in [0.05, 0.1) is 17.2 Å². The SMILES string of the molecule is CCCN1CCN(C(=O)NC(C(=O)N[C@H]2Cc3cccc(C(=O)O)c3OB2O)c2csc(N)n2)C(=O)C1=O. The van der Waals surface area contributed by atoms with Crippen molar-refractivity contribution in [2.45, 2.75) is 31.7 Å². The highest BCUT2D eigenvalue weighted by atomic mass is 32.1. The normalized spacial score (nSPS) is 17.9. The molecule has 3 heterocycles. The number of urea groups is 1. The van der Waals surface area contributed by atoms with Crippen LogP contribution in [0.5, 0.6) is 5.75 Å². The minimum absolute atomic E-state index is 0.000483. The number of nitrogens with two attached hydrogens (primary N) is 1. The smallest absolute Gasteiger partial charge is 0.534 e. The van der Waals surface area contributed by atoms with Crippen LogP contribution in [0.1, 0.15) is 41.0 Å². The maximum Gasteiger partial charge on any atom is 0.547 e. The molecule has 0 aliphatic carbocycles. The number of para-hydroxylation sites is 1. The van der Waals surface area contributed by atoms with Crippen LogP contribution in [-0.4, -0.2) is 87.3 Å². The van der Waals surface area contributed by atoms with E-state index < -0.39 is 48.8 Å². The van der Waals surface area contributed by atoms with E-state index in [0.717, 1.165) is 16.2 Å². The first kappa shape index (κ1) is 26.9. The number of thiazole rings is 1. The van der Waals surface area contributed by atoms with E-state index >= 15 is 0 Å². The van der Waals surface area contributed by atoms with Crippen LogP contribution in [-0.2, 0) is 20.8 Å². The highest BCUT2D eigenvalue weighted by Crippen LogP contribution is 2.30. The molecule has 0 bridgehead atoms. The topological polar surface area (TPSA) is 204 Å². The van der Waals surface area contributed by atoms with Gasteiger partial charge in [0.15, 0.2) is 11.2 Å². The Kier molecular flexibility index (Phi) is 7.82. The van der Waals surface area contributed by atoms with E-state index in [0.29, 0.717) is 18.5 Å². The molecule has 2 atom stereocenters. The van der Waals surface area contributed by atoms with Crippen molar-refractivity contribution in [2.24, 2.45) is 0 Å². The van der Waals surface area contributed by atoms with Gasteiger partial charge in [0.25, 0.3) is 0 Å². The van der Waals surface area contributed by atoms with Gasteiger partial charge in [0, 0.05) is 25.0 Å². The number of piperazine rings is 1. The lowest BCUT2D eigenvalue weighted by atomic mass is 9.72. The Balaban J connectivity index is 1.51. The second kappa shape index (κ2) is 11.1. The molecule has 0 spiro atoms. The Morgan fingerprint density at radius 2 is 2.05 bits per heavy atom. The number of rotatable bonds is 7. The number of imide groups is 1. The summed E-state index contributed by atoms with van der Waals surface area (Å²) in [5, 5.41) is 26.5. The molecule has 0 radical (unpaired) electrons. The fourth-order valence-electron chi connectivity index (χ4n) is 4.24. The molecule has 2 aliphatic rings. The zero-order chi connectivity index (χ0) is 27.6. The highest BCUT2D eigenvalue weighted by molar-refractivity contribution is 7.13. The standard InChI is InChI=1S/C22H25BN6O8S/c1-2-6-28-7-8-29(19(32)18(28)31)22(35)27-15(13-10-38-21(24)25-13)17(30)26-14-9-11-4-3-5-12(20(33)34)16(11)37-23(14)36/h3-5,10,14-15,36H,2,6-9H2,1H3,(H2,24,25)(H,26,30)(H,27,35)(H,33,34)/t14-,15?/m0/s1. The van der Waals surface area contributed by atoms with Crippen LogP contribution < -0.4 is 21.0 Å². The van der Waals surface area contributed by atoms with Gasteiger partial charge in [-0.1, -0.05) is 19.1 Å². The molecule has 6 N–H and O–H groups in total. The third kappa shape index (κ3) is 5.40. The van der Waals surface area contributed by atoms with Gasteiger partial charge in [-0.3, -0.25) is 19.3 Å². The molecule has 200 valence electrons. The van der Waals surface area contributed by atoms with Crippen LogP contribution >= 0.6 is 11.3 Å². The van der Waals surface area contributed by atoms with Gasteiger partial charge in [-0.05, 0) is 24.5 Å². The summed E-state index contributed by atoms with van der Waals surface area (Å²) in [5.74, 6) is -4.85. The van der Waals surface area contributed by atoms with Crippen molar-refractivity contribution < 1.29 is 38.8 Å². The first-order valence-corrected chi connectivity index (χ1v) is 12.6. The van der Waals surface area contributed by atoms with Crippen LogP contribution in [0.25, 0.3) is 0 Å². The van der Waals surface area contributed by atoms with Crippen molar-refractivity contribution in [3.8, 4) is 5.75 Å². The lowest BCUT2D eigenvalue weighted by molar-refractivity contribution is -0.153. The first-order chi connectivity index (χ1) is 18.1. The number of nitrogen functional groups attached to an aromatic ring is 1. The zero-order valence-electron chi connectivity index (χ0n) is 20.2. The van der Waals surface area contributed by atoms with Gasteiger partial charge in [0.2, 0.25) is 5.91 Å². The number of nitrogens with zero attached hydrogens (tertiary/aromatic N) is 3. The Labute approximate surface area is 220 Å². The third-order valence-corrected chi connectivity index (χ3v) is 6.78. The second-order valence-electron chi connectivity index (χ2n) is 8.67. The molecule has 1 saturated heterocycles. The monoisotopic (exact) mass is 544 g/mol. The van der Waals surface area contributed by atoms with E-state index in [4.69, 9.17) is 10.4 Å². The van der Waals surface area contributed by atoms with E-state index in [1.165, 1.54) is 22.4 Å². The number of hydrogen-bond donors (Lipinski definition) is 5. The van der Waals surface area contributed by atoms with Gasteiger partial charge in [0.1, 0.15) is 5.75 Å². The summed E-state index contributed by atoms with van der Waals surface area (Å²) in [6.07, 6.45) is 0.688. The number of carbonyl (C=O) groups is 5. The number of nitrogens with one attached hydrogen (secondary N) is 2. The summed E-state index contributed by atoms with van der Waals surface area (Å²) in [6, 6.07) is 2.06. The molecule has 16 heteroatoms. The number of aromatic nitrogens is 1.